The van der Waals surface area contributed by atoms with Gasteiger partial charge in [0.15, 0.2) is 5.69 Å². The van der Waals surface area contributed by atoms with Crippen molar-refractivity contribution in [3.8, 4) is 17.0 Å². The maximum absolute atomic E-state index is 13.9. The van der Waals surface area contributed by atoms with Crippen molar-refractivity contribution in [3.05, 3.63) is 65.6 Å². The number of nitrogens with zero attached hydrogens (tertiary/aromatic N) is 4. The molecule has 0 aliphatic carbocycles. The van der Waals surface area contributed by atoms with Gasteiger partial charge in [0.1, 0.15) is 6.61 Å². The topological polar surface area (TPSA) is 69.5 Å². The molecule has 4 heterocycles. The van der Waals surface area contributed by atoms with Gasteiger partial charge in [-0.2, -0.15) is 18.3 Å². The molecule has 0 spiro atoms. The van der Waals surface area contributed by atoms with E-state index < -0.39 is 29.0 Å². The van der Waals surface area contributed by atoms with Gasteiger partial charge in [-0.25, -0.2) is 4.98 Å². The van der Waals surface area contributed by atoms with E-state index in [0.717, 1.165) is 23.4 Å². The molecule has 2 aromatic heterocycles. The number of aromatic nitrogens is 3. The normalized spacial score (nSPS) is 19.2. The number of fused-ring (bicyclic) bond motifs is 1. The second kappa shape index (κ2) is 9.31. The number of hydrogen-bond acceptors (Lipinski definition) is 5. The highest BCUT2D eigenvalue weighted by Gasteiger charge is 2.44. The van der Waals surface area contributed by atoms with Crippen molar-refractivity contribution in [3.63, 3.8) is 0 Å². The summed E-state index contributed by atoms with van der Waals surface area (Å²) in [6.07, 6.45) is -3.04. The first-order valence-corrected chi connectivity index (χ1v) is 11.5. The van der Waals surface area contributed by atoms with Crippen LogP contribution in [0.3, 0.4) is 0 Å². The Bertz CT molecular complexity index is 1250. The molecule has 3 aromatic rings. The summed E-state index contributed by atoms with van der Waals surface area (Å²) in [6, 6.07) is 10.9. The first kappa shape index (κ1) is 24.4. The molecule has 1 atom stereocenters. The van der Waals surface area contributed by atoms with Crippen molar-refractivity contribution in [2.75, 3.05) is 13.2 Å². The molecule has 182 valence electrons. The Hall–Kier alpha value is -3.27. The number of likely N-dealkylation sites (tertiary alicyclic amines) is 1. The minimum Gasteiger partial charge on any atom is -0.475 e. The fraction of sp³-hybridized carbons (Fsp3) is 0.375. The number of carbonyl (C=O) groups excluding carboxylic acids is 1. The predicted octanol–water partition coefficient (Wildman–Crippen LogP) is 3.17. The summed E-state index contributed by atoms with van der Waals surface area (Å²) < 4.78 is 51.5. The molecule has 1 fully saturated rings. The lowest BCUT2D eigenvalue weighted by atomic mass is 9.60. The lowest BCUT2D eigenvalue weighted by molar-refractivity contribution is -0.137. The summed E-state index contributed by atoms with van der Waals surface area (Å²) in [5, 5.41) is 3.15. The molecule has 1 amide bonds. The molecule has 0 bridgehead atoms. The maximum Gasteiger partial charge on any atom is 0.417 e. The van der Waals surface area contributed by atoms with Crippen molar-refractivity contribution < 1.29 is 27.4 Å². The number of halogens is 3. The van der Waals surface area contributed by atoms with E-state index in [1.165, 1.54) is 4.90 Å². The molecule has 1 saturated heterocycles. The van der Waals surface area contributed by atoms with Gasteiger partial charge >= 0.3 is 6.18 Å². The quantitative estimate of drug-likeness (QED) is 0.513. The summed E-state index contributed by atoms with van der Waals surface area (Å²) in [7, 11) is 12.7. The second-order valence-corrected chi connectivity index (χ2v) is 8.86. The molecule has 2 aliphatic heterocycles. The third-order valence-corrected chi connectivity index (χ3v) is 6.41. The number of ether oxygens (including phenoxy) is 2. The smallest absolute Gasteiger partial charge is 0.417 e. The molecule has 1 unspecified atom stereocenters. The first-order chi connectivity index (χ1) is 17.1. The average molecular weight is 492 g/mol. The summed E-state index contributed by atoms with van der Waals surface area (Å²) in [6.45, 7) is 1.25. The van der Waals surface area contributed by atoms with Gasteiger partial charge in [0.05, 0.1) is 52.8 Å². The highest BCUT2D eigenvalue weighted by Crippen LogP contribution is 2.36. The third-order valence-electron chi connectivity index (χ3n) is 6.41. The Morgan fingerprint density at radius 1 is 1.19 bits per heavy atom. The van der Waals surface area contributed by atoms with Crippen LogP contribution in [0.5, 0.6) is 5.88 Å². The Morgan fingerprint density at radius 2 is 1.97 bits per heavy atom. The van der Waals surface area contributed by atoms with Gasteiger partial charge in [-0.1, -0.05) is 30.3 Å². The van der Waals surface area contributed by atoms with Gasteiger partial charge in [-0.15, -0.1) is 0 Å². The Balaban J connectivity index is 1.42. The first-order valence-electron chi connectivity index (χ1n) is 11.5. The standard InChI is InChI=1S/C24H21B2F3N4O3/c25-23(26)9-8-17(13-36-19-7-6-16(12-30-19)24(27,28)29)33(23)22(34)21-20(15-4-2-1-3-5-15)18-14-35-11-10-32(18)31-21/h1-7,12,17H,8-11,13-14H2. The van der Waals surface area contributed by atoms with E-state index in [1.54, 1.807) is 4.68 Å². The largest absolute Gasteiger partial charge is 0.475 e. The van der Waals surface area contributed by atoms with E-state index in [4.69, 9.17) is 25.2 Å². The van der Waals surface area contributed by atoms with E-state index in [1.807, 2.05) is 30.3 Å². The lowest BCUT2D eigenvalue weighted by Crippen LogP contribution is -2.53. The van der Waals surface area contributed by atoms with Gasteiger partial charge in [0.25, 0.3) is 5.91 Å². The Kier molecular flexibility index (Phi) is 6.32. The van der Waals surface area contributed by atoms with Crippen LogP contribution < -0.4 is 4.74 Å². The van der Waals surface area contributed by atoms with Gasteiger partial charge < -0.3 is 14.4 Å². The van der Waals surface area contributed by atoms with E-state index in [0.29, 0.717) is 44.4 Å². The zero-order valence-electron chi connectivity index (χ0n) is 19.2. The van der Waals surface area contributed by atoms with Gasteiger partial charge in [0.2, 0.25) is 5.88 Å². The van der Waals surface area contributed by atoms with Crippen molar-refractivity contribution in [1.82, 2.24) is 19.7 Å². The number of carbonyl (C=O) groups is 1. The molecule has 0 saturated carbocycles. The van der Waals surface area contributed by atoms with Crippen LogP contribution >= 0.6 is 0 Å². The van der Waals surface area contributed by atoms with Crippen LogP contribution in [-0.2, 0) is 24.1 Å². The monoisotopic (exact) mass is 492 g/mol. The van der Waals surface area contributed by atoms with Crippen LogP contribution in [0.1, 0.15) is 34.6 Å². The highest BCUT2D eigenvalue weighted by molar-refractivity contribution is 6.41. The minimum atomic E-state index is -4.50. The summed E-state index contributed by atoms with van der Waals surface area (Å²) in [4.78, 5) is 19.0. The molecule has 12 heteroatoms. The number of benzene rings is 1. The number of rotatable bonds is 5. The van der Waals surface area contributed by atoms with Gasteiger partial charge in [0, 0.05) is 17.8 Å². The molecule has 1 aromatic carbocycles. The van der Waals surface area contributed by atoms with E-state index in [2.05, 4.69) is 10.1 Å². The van der Waals surface area contributed by atoms with Crippen LogP contribution in [0.25, 0.3) is 11.1 Å². The molecule has 36 heavy (non-hydrogen) atoms. The molecule has 4 radical (unpaired) electrons. The van der Waals surface area contributed by atoms with Crippen LogP contribution in [0.4, 0.5) is 13.2 Å². The predicted molar refractivity (Wildman–Crippen MR) is 125 cm³/mol. The van der Waals surface area contributed by atoms with E-state index >= 15 is 0 Å². The van der Waals surface area contributed by atoms with Gasteiger partial charge in [-0.3, -0.25) is 9.48 Å². The molecule has 7 nitrogen and oxygen atoms in total. The lowest BCUT2D eigenvalue weighted by Gasteiger charge is -2.36. The molecular formula is C24H21B2F3N4O3. The van der Waals surface area contributed by atoms with Crippen LogP contribution in [0.2, 0.25) is 0 Å². The summed E-state index contributed by atoms with van der Waals surface area (Å²) in [5.74, 6) is -0.450. The van der Waals surface area contributed by atoms with Crippen molar-refractivity contribution in [1.29, 1.82) is 0 Å². The van der Waals surface area contributed by atoms with Crippen LogP contribution in [0.15, 0.2) is 48.7 Å². The van der Waals surface area contributed by atoms with Crippen molar-refractivity contribution in [2.24, 2.45) is 0 Å². The second-order valence-electron chi connectivity index (χ2n) is 8.86. The number of alkyl halides is 3. The summed E-state index contributed by atoms with van der Waals surface area (Å²) in [5.41, 5.74) is 1.59. The fourth-order valence-electron chi connectivity index (χ4n) is 4.64. The van der Waals surface area contributed by atoms with Crippen molar-refractivity contribution >= 4 is 21.6 Å². The zero-order valence-corrected chi connectivity index (χ0v) is 19.2. The van der Waals surface area contributed by atoms with Crippen LogP contribution in [0, 0.1) is 0 Å². The number of pyridine rings is 1. The fourth-order valence-corrected chi connectivity index (χ4v) is 4.64. The van der Waals surface area contributed by atoms with E-state index in [9.17, 15) is 18.0 Å². The minimum absolute atomic E-state index is 0.00141. The SMILES string of the molecule is [B]C1([B])CCC(COc2ccc(C(F)(F)F)cn2)N1C(=O)c1nn2c(c1-c1ccccc1)COCC2. The molecular weight excluding hydrogens is 471 g/mol. The zero-order chi connectivity index (χ0) is 25.5. The third kappa shape index (κ3) is 4.61. The van der Waals surface area contributed by atoms with E-state index in [-0.39, 0.29) is 18.2 Å². The molecule has 0 N–H and O–H groups in total. The summed E-state index contributed by atoms with van der Waals surface area (Å²) >= 11 is 0. The number of amides is 1. The Morgan fingerprint density at radius 3 is 2.67 bits per heavy atom. The Labute approximate surface area is 208 Å². The highest BCUT2D eigenvalue weighted by atomic mass is 19.4. The molecule has 2 aliphatic rings. The van der Waals surface area contributed by atoms with Crippen molar-refractivity contribution in [2.45, 2.75) is 43.5 Å². The van der Waals surface area contributed by atoms with Gasteiger partial charge in [-0.05, 0) is 29.8 Å². The average Bonchev–Trinajstić information content (AvgIpc) is 3.39. The maximum atomic E-state index is 13.9. The number of hydrogen-bond donors (Lipinski definition) is 0. The molecule has 5 rings (SSSR count). The van der Waals surface area contributed by atoms with Crippen LogP contribution in [-0.4, -0.2) is 65.9 Å².